The topological polar surface area (TPSA) is 37.4 Å². The van der Waals surface area contributed by atoms with Gasteiger partial charge in [-0.2, -0.15) is 0 Å². The molecule has 31 heavy (non-hydrogen) atoms. The molecule has 0 aromatic heterocycles. The summed E-state index contributed by atoms with van der Waals surface area (Å²) in [7, 11) is 0. The van der Waals surface area contributed by atoms with E-state index in [2.05, 4.69) is 12.6 Å². The molecule has 5 heteroatoms. The summed E-state index contributed by atoms with van der Waals surface area (Å²) >= 11 is 12.5. The molecule has 2 aromatic rings. The van der Waals surface area contributed by atoms with Crippen molar-refractivity contribution in [2.24, 2.45) is 5.41 Å². The molecular formula is C26H29Cl2NO2. The van der Waals surface area contributed by atoms with E-state index in [0.717, 1.165) is 11.1 Å². The summed E-state index contributed by atoms with van der Waals surface area (Å²) in [6.45, 7) is 9.38. The van der Waals surface area contributed by atoms with Gasteiger partial charge in [-0.1, -0.05) is 67.4 Å². The number of nitrogens with zero attached hydrogens (tertiary/aromatic N) is 1. The lowest BCUT2D eigenvalue weighted by Crippen LogP contribution is -2.57. The fourth-order valence-electron chi connectivity index (χ4n) is 4.91. The molecule has 4 atom stereocenters. The minimum atomic E-state index is -0.652. The maximum absolute atomic E-state index is 13.9. The van der Waals surface area contributed by atoms with Crippen LogP contribution in [0.2, 0.25) is 10.0 Å². The highest BCUT2D eigenvalue weighted by Crippen LogP contribution is 2.52. The van der Waals surface area contributed by atoms with E-state index in [9.17, 15) is 9.59 Å². The van der Waals surface area contributed by atoms with Crippen molar-refractivity contribution in [3.8, 4) is 0 Å². The van der Waals surface area contributed by atoms with Crippen LogP contribution < -0.4 is 0 Å². The summed E-state index contributed by atoms with van der Waals surface area (Å²) in [5, 5.41) is 1.28. The van der Waals surface area contributed by atoms with Crippen LogP contribution in [0.3, 0.4) is 0 Å². The van der Waals surface area contributed by atoms with Crippen LogP contribution in [0.4, 0.5) is 0 Å². The number of benzene rings is 2. The molecule has 0 aliphatic carbocycles. The van der Waals surface area contributed by atoms with Gasteiger partial charge in [0.15, 0.2) is 5.78 Å². The number of rotatable bonds is 7. The van der Waals surface area contributed by atoms with Gasteiger partial charge in [0.25, 0.3) is 0 Å². The number of hydrogen-bond donors (Lipinski definition) is 0. The van der Waals surface area contributed by atoms with Gasteiger partial charge in [-0.25, -0.2) is 0 Å². The molecule has 0 saturated carbocycles. The van der Waals surface area contributed by atoms with Crippen LogP contribution in [0, 0.1) is 5.41 Å². The summed E-state index contributed by atoms with van der Waals surface area (Å²) in [4.78, 5) is 28.4. The van der Waals surface area contributed by atoms with E-state index in [4.69, 9.17) is 23.2 Å². The number of carbonyl (C=O) groups is 2. The van der Waals surface area contributed by atoms with E-state index in [1.807, 2.05) is 61.2 Å². The maximum atomic E-state index is 13.9. The van der Waals surface area contributed by atoms with Gasteiger partial charge in [0.2, 0.25) is 5.91 Å². The first-order valence-electron chi connectivity index (χ1n) is 10.7. The molecular weight excluding hydrogens is 429 g/mol. The molecule has 3 nitrogen and oxygen atoms in total. The third-order valence-electron chi connectivity index (χ3n) is 6.38. The summed E-state index contributed by atoms with van der Waals surface area (Å²) in [6, 6.07) is 14.6. The minimum absolute atomic E-state index is 0.00678. The first-order chi connectivity index (χ1) is 14.7. The average Bonchev–Trinajstić information content (AvgIpc) is 2.72. The van der Waals surface area contributed by atoms with Crippen LogP contribution >= 0.6 is 23.2 Å². The van der Waals surface area contributed by atoms with Gasteiger partial charge in [0.05, 0.1) is 17.5 Å². The summed E-state index contributed by atoms with van der Waals surface area (Å²) in [6.07, 6.45) is 3.53. The van der Waals surface area contributed by atoms with E-state index in [-0.39, 0.29) is 23.7 Å². The molecule has 1 heterocycles. The Balaban J connectivity index is 2.25. The lowest BCUT2D eigenvalue weighted by atomic mass is 9.67. The number of Topliss-reactive ketones (excluding diaryl/α,β-unsaturated/α-hetero) is 1. The lowest BCUT2D eigenvalue weighted by molar-refractivity contribution is -0.157. The Morgan fingerprint density at radius 1 is 1.19 bits per heavy atom. The molecule has 0 radical (unpaired) electrons. The molecule has 1 aliphatic rings. The molecule has 0 bridgehead atoms. The largest absolute Gasteiger partial charge is 0.325 e. The monoisotopic (exact) mass is 457 g/mol. The number of carbonyl (C=O) groups excluding carboxylic acids is 2. The van der Waals surface area contributed by atoms with Crippen molar-refractivity contribution in [3.63, 3.8) is 0 Å². The molecule has 1 amide bonds. The third-order valence-corrected chi connectivity index (χ3v) is 6.86. The zero-order valence-electron chi connectivity index (χ0n) is 18.3. The number of ketones is 1. The molecule has 1 aliphatic heterocycles. The SMILES string of the molecule is C=CCC1(C)C[C@H](c2cccc(Cl)c2)[C@@H](c2ccc(Cl)cc2)N([C@@H](CC)C(C)=O)C1=O. The zero-order chi connectivity index (χ0) is 22.8. The van der Waals surface area contributed by atoms with Gasteiger partial charge in [-0.05, 0) is 61.6 Å². The van der Waals surface area contributed by atoms with Crippen LogP contribution in [0.15, 0.2) is 61.2 Å². The van der Waals surface area contributed by atoms with Crippen LogP contribution in [0.25, 0.3) is 0 Å². The lowest BCUT2D eigenvalue weighted by Gasteiger charge is -2.51. The van der Waals surface area contributed by atoms with Crippen molar-refractivity contribution in [2.75, 3.05) is 0 Å². The van der Waals surface area contributed by atoms with E-state index in [1.54, 1.807) is 13.0 Å². The van der Waals surface area contributed by atoms with Crippen molar-refractivity contribution in [1.82, 2.24) is 4.90 Å². The Bertz CT molecular complexity index is 972. The first kappa shape index (κ1) is 23.6. The van der Waals surface area contributed by atoms with Gasteiger partial charge in [-0.3, -0.25) is 9.59 Å². The van der Waals surface area contributed by atoms with E-state index < -0.39 is 11.5 Å². The Labute approximate surface area is 195 Å². The van der Waals surface area contributed by atoms with Gasteiger partial charge in [0.1, 0.15) is 0 Å². The fourth-order valence-corrected chi connectivity index (χ4v) is 5.24. The molecule has 2 aromatic carbocycles. The standard InChI is InChI=1S/C26H29Cl2NO2/c1-5-14-26(4)16-22(19-8-7-9-21(28)15-19)24(18-10-12-20(27)13-11-18)29(25(26)31)23(6-2)17(3)30/h5,7-13,15,22-24H,1,6,14,16H2,2-4H3/t22-,23+,24-,26?/m1/s1. The maximum Gasteiger partial charge on any atom is 0.229 e. The second kappa shape index (κ2) is 9.58. The minimum Gasteiger partial charge on any atom is -0.325 e. The van der Waals surface area contributed by atoms with Crippen molar-refractivity contribution < 1.29 is 9.59 Å². The Kier molecular flexibility index (Phi) is 7.28. The zero-order valence-corrected chi connectivity index (χ0v) is 19.8. The number of piperidine rings is 1. The molecule has 1 unspecified atom stereocenters. The van der Waals surface area contributed by atoms with Gasteiger partial charge >= 0.3 is 0 Å². The number of halogens is 2. The number of hydrogen-bond acceptors (Lipinski definition) is 2. The summed E-state index contributed by atoms with van der Waals surface area (Å²) in [5.41, 5.74) is 1.36. The molecule has 3 rings (SSSR count). The van der Waals surface area contributed by atoms with Crippen molar-refractivity contribution >= 4 is 34.9 Å². The molecule has 0 spiro atoms. The Hall–Kier alpha value is -2.10. The molecule has 1 saturated heterocycles. The Morgan fingerprint density at radius 3 is 2.42 bits per heavy atom. The molecule has 0 N–H and O–H groups in total. The number of amides is 1. The quantitative estimate of drug-likeness (QED) is 0.419. The van der Waals surface area contributed by atoms with Crippen LogP contribution in [-0.4, -0.2) is 22.6 Å². The molecule has 164 valence electrons. The third kappa shape index (κ3) is 4.73. The first-order valence-corrected chi connectivity index (χ1v) is 11.4. The van der Waals surface area contributed by atoms with Crippen LogP contribution in [-0.2, 0) is 9.59 Å². The van der Waals surface area contributed by atoms with Crippen molar-refractivity contribution in [2.45, 2.75) is 58.0 Å². The van der Waals surface area contributed by atoms with Gasteiger partial charge in [0, 0.05) is 16.0 Å². The predicted octanol–water partition coefficient (Wildman–Crippen LogP) is 7.00. The smallest absolute Gasteiger partial charge is 0.229 e. The highest BCUT2D eigenvalue weighted by Gasteiger charge is 2.51. The predicted molar refractivity (Wildman–Crippen MR) is 128 cm³/mol. The van der Waals surface area contributed by atoms with E-state index >= 15 is 0 Å². The number of likely N-dealkylation sites (tertiary alicyclic amines) is 1. The highest BCUT2D eigenvalue weighted by molar-refractivity contribution is 6.30. The second-order valence-electron chi connectivity index (χ2n) is 8.66. The second-order valence-corrected chi connectivity index (χ2v) is 9.54. The highest BCUT2D eigenvalue weighted by atomic mass is 35.5. The normalized spacial score (nSPS) is 24.7. The van der Waals surface area contributed by atoms with Gasteiger partial charge in [-0.15, -0.1) is 6.58 Å². The number of allylic oxidation sites excluding steroid dienone is 1. The fraction of sp³-hybridized carbons (Fsp3) is 0.385. The van der Waals surface area contributed by atoms with Gasteiger partial charge < -0.3 is 4.90 Å². The summed E-state index contributed by atoms with van der Waals surface area (Å²) in [5.74, 6) is -0.0499. The van der Waals surface area contributed by atoms with E-state index in [1.165, 1.54) is 0 Å². The Morgan fingerprint density at radius 2 is 1.87 bits per heavy atom. The molecule has 1 fully saturated rings. The van der Waals surface area contributed by atoms with Crippen LogP contribution in [0.1, 0.15) is 63.1 Å². The van der Waals surface area contributed by atoms with E-state index in [0.29, 0.717) is 29.3 Å². The van der Waals surface area contributed by atoms with Crippen molar-refractivity contribution in [1.29, 1.82) is 0 Å². The van der Waals surface area contributed by atoms with Crippen molar-refractivity contribution in [3.05, 3.63) is 82.4 Å². The summed E-state index contributed by atoms with van der Waals surface area (Å²) < 4.78 is 0. The average molecular weight is 458 g/mol. The van der Waals surface area contributed by atoms with Crippen LogP contribution in [0.5, 0.6) is 0 Å².